The number of hydrogen-bond donors (Lipinski definition) is 1. The van der Waals surface area contributed by atoms with E-state index >= 15 is 0 Å². The van der Waals surface area contributed by atoms with E-state index in [2.05, 4.69) is 5.32 Å². The summed E-state index contributed by atoms with van der Waals surface area (Å²) in [5, 5.41) is 2.69. The first-order chi connectivity index (χ1) is 13.5. The van der Waals surface area contributed by atoms with Gasteiger partial charge in [0.15, 0.2) is 0 Å². The third kappa shape index (κ3) is 3.38. The number of benzene rings is 2. The van der Waals surface area contributed by atoms with Crippen molar-refractivity contribution >= 4 is 23.5 Å². The topological polar surface area (TPSA) is 75.7 Å². The number of likely N-dealkylation sites (tertiary alicyclic amines) is 1. The third-order valence-corrected chi connectivity index (χ3v) is 5.46. The van der Waals surface area contributed by atoms with Crippen molar-refractivity contribution in [3.8, 4) is 0 Å². The van der Waals surface area contributed by atoms with Gasteiger partial charge in [-0.25, -0.2) is 0 Å². The Bertz CT molecular complexity index is 928. The highest BCUT2D eigenvalue weighted by Gasteiger charge is 2.44. The molecule has 1 N–H and O–H groups in total. The molecule has 2 heterocycles. The first kappa shape index (κ1) is 18.2. The third-order valence-electron chi connectivity index (χ3n) is 5.46. The Balaban J connectivity index is 1.48. The van der Waals surface area contributed by atoms with Crippen LogP contribution in [0.1, 0.15) is 41.3 Å². The van der Waals surface area contributed by atoms with Gasteiger partial charge in [-0.05, 0) is 35.4 Å². The van der Waals surface area contributed by atoms with Crippen LogP contribution >= 0.6 is 0 Å². The van der Waals surface area contributed by atoms with E-state index in [1.807, 2.05) is 24.3 Å². The Morgan fingerprint density at radius 2 is 1.71 bits per heavy atom. The summed E-state index contributed by atoms with van der Waals surface area (Å²) in [4.78, 5) is 37.9. The molecule has 4 rings (SSSR count). The van der Waals surface area contributed by atoms with Crippen LogP contribution in [0.4, 0.5) is 5.69 Å². The van der Waals surface area contributed by atoms with E-state index in [9.17, 15) is 14.4 Å². The van der Waals surface area contributed by atoms with Gasteiger partial charge >= 0.3 is 5.97 Å². The smallest absolute Gasteiger partial charge is 0.311 e. The maximum Gasteiger partial charge on any atom is 0.311 e. The molecule has 2 aromatic rings. The average Bonchev–Trinajstić information content (AvgIpc) is 2.68. The molecule has 0 aromatic heterocycles. The van der Waals surface area contributed by atoms with Crippen molar-refractivity contribution in [1.82, 2.24) is 4.90 Å². The van der Waals surface area contributed by atoms with Crippen LogP contribution in [0.25, 0.3) is 0 Å². The quantitative estimate of drug-likeness (QED) is 0.816. The van der Waals surface area contributed by atoms with Crippen molar-refractivity contribution in [2.24, 2.45) is 0 Å². The van der Waals surface area contributed by atoms with Crippen LogP contribution < -0.4 is 5.32 Å². The molecular formula is C22H22N2O4. The first-order valence-corrected chi connectivity index (χ1v) is 9.44. The second-order valence-corrected chi connectivity index (χ2v) is 7.35. The monoisotopic (exact) mass is 378 g/mol. The standard InChI is InChI=1S/C22H22N2O4/c1-15(25)23-18-8-6-16(7-9-18)21(27)24-12-10-22(11-13-24)19-5-3-2-4-17(19)14-20(26)28-22/h2-9H,10-14H2,1H3,(H,23,25). The summed E-state index contributed by atoms with van der Waals surface area (Å²) in [5.74, 6) is -0.408. The minimum Gasteiger partial charge on any atom is -0.454 e. The molecule has 2 amide bonds. The molecule has 1 fully saturated rings. The molecule has 1 spiro atoms. The Morgan fingerprint density at radius 3 is 2.39 bits per heavy atom. The summed E-state index contributed by atoms with van der Waals surface area (Å²) in [7, 11) is 0. The maximum atomic E-state index is 12.8. The Morgan fingerprint density at radius 1 is 1.04 bits per heavy atom. The lowest BCUT2D eigenvalue weighted by atomic mass is 9.79. The Labute approximate surface area is 163 Å². The molecule has 0 aliphatic carbocycles. The molecule has 0 radical (unpaired) electrons. The number of carbonyl (C=O) groups is 3. The molecular weight excluding hydrogens is 356 g/mol. The van der Waals surface area contributed by atoms with E-state index in [0.29, 0.717) is 43.6 Å². The lowest BCUT2D eigenvalue weighted by Crippen LogP contribution is -2.49. The molecule has 0 bridgehead atoms. The van der Waals surface area contributed by atoms with Crippen LogP contribution in [0.2, 0.25) is 0 Å². The number of amides is 2. The van der Waals surface area contributed by atoms with Gasteiger partial charge in [-0.1, -0.05) is 24.3 Å². The largest absolute Gasteiger partial charge is 0.454 e. The van der Waals surface area contributed by atoms with Crippen LogP contribution in [0, 0.1) is 0 Å². The summed E-state index contributed by atoms with van der Waals surface area (Å²) in [5.41, 5.74) is 2.70. The number of nitrogens with zero attached hydrogens (tertiary/aromatic N) is 1. The second kappa shape index (κ2) is 7.11. The zero-order valence-corrected chi connectivity index (χ0v) is 15.7. The lowest BCUT2D eigenvalue weighted by Gasteiger charge is -2.44. The zero-order valence-electron chi connectivity index (χ0n) is 15.7. The fraction of sp³-hybridized carbons (Fsp3) is 0.318. The van der Waals surface area contributed by atoms with E-state index in [1.54, 1.807) is 29.2 Å². The molecule has 28 heavy (non-hydrogen) atoms. The molecule has 6 nitrogen and oxygen atoms in total. The van der Waals surface area contributed by atoms with Crippen LogP contribution in [0.5, 0.6) is 0 Å². The number of ether oxygens (including phenoxy) is 1. The van der Waals surface area contributed by atoms with E-state index in [-0.39, 0.29) is 17.8 Å². The van der Waals surface area contributed by atoms with Crippen LogP contribution in [-0.2, 0) is 26.3 Å². The van der Waals surface area contributed by atoms with Gasteiger partial charge < -0.3 is 15.0 Å². The summed E-state index contributed by atoms with van der Waals surface area (Å²) in [6.45, 7) is 2.49. The number of piperidine rings is 1. The Kier molecular flexibility index (Phi) is 4.63. The van der Waals surface area contributed by atoms with Gasteiger partial charge in [0.25, 0.3) is 5.91 Å². The van der Waals surface area contributed by atoms with Gasteiger partial charge in [-0.15, -0.1) is 0 Å². The number of anilines is 1. The molecule has 2 aliphatic rings. The maximum absolute atomic E-state index is 12.8. The van der Waals surface area contributed by atoms with Gasteiger partial charge in [0.2, 0.25) is 5.91 Å². The normalized spacial score (nSPS) is 17.6. The van der Waals surface area contributed by atoms with Crippen molar-refractivity contribution < 1.29 is 19.1 Å². The minimum atomic E-state index is -0.627. The highest BCUT2D eigenvalue weighted by Crippen LogP contribution is 2.42. The number of carbonyl (C=O) groups excluding carboxylic acids is 3. The van der Waals surface area contributed by atoms with Crippen LogP contribution in [-0.4, -0.2) is 35.8 Å². The van der Waals surface area contributed by atoms with E-state index in [0.717, 1.165) is 11.1 Å². The SMILES string of the molecule is CC(=O)Nc1ccc(C(=O)N2CCC3(CC2)OC(=O)Cc2ccccc23)cc1. The molecule has 0 atom stereocenters. The first-order valence-electron chi connectivity index (χ1n) is 9.44. The summed E-state index contributed by atoms with van der Waals surface area (Å²) in [6, 6.07) is 14.8. The molecule has 144 valence electrons. The van der Waals surface area contributed by atoms with Gasteiger partial charge in [-0.3, -0.25) is 14.4 Å². The molecule has 2 aromatic carbocycles. The minimum absolute atomic E-state index is 0.0559. The fourth-order valence-electron chi connectivity index (χ4n) is 4.11. The molecule has 0 unspecified atom stereocenters. The van der Waals surface area contributed by atoms with Gasteiger partial charge in [0.1, 0.15) is 5.60 Å². The van der Waals surface area contributed by atoms with E-state index < -0.39 is 5.60 Å². The number of nitrogens with one attached hydrogen (secondary N) is 1. The van der Waals surface area contributed by atoms with E-state index in [4.69, 9.17) is 4.74 Å². The number of esters is 1. The molecule has 6 heteroatoms. The predicted octanol–water partition coefficient (Wildman–Crippen LogP) is 2.88. The summed E-state index contributed by atoms with van der Waals surface area (Å²) >= 11 is 0. The Hall–Kier alpha value is -3.15. The van der Waals surface area contributed by atoms with Crippen molar-refractivity contribution in [3.63, 3.8) is 0 Å². The van der Waals surface area contributed by atoms with Gasteiger partial charge in [0.05, 0.1) is 6.42 Å². The summed E-state index contributed by atoms with van der Waals surface area (Å²) in [6.07, 6.45) is 1.48. The average molecular weight is 378 g/mol. The molecule has 2 aliphatic heterocycles. The van der Waals surface area contributed by atoms with Gasteiger partial charge in [-0.2, -0.15) is 0 Å². The van der Waals surface area contributed by atoms with Crippen molar-refractivity contribution in [2.75, 3.05) is 18.4 Å². The molecule has 1 saturated heterocycles. The fourth-order valence-corrected chi connectivity index (χ4v) is 4.11. The number of fused-ring (bicyclic) bond motifs is 2. The van der Waals surface area contributed by atoms with Gasteiger partial charge in [0, 0.05) is 44.1 Å². The zero-order chi connectivity index (χ0) is 19.7. The predicted molar refractivity (Wildman–Crippen MR) is 104 cm³/mol. The summed E-state index contributed by atoms with van der Waals surface area (Å²) < 4.78 is 5.81. The molecule has 0 saturated carbocycles. The highest BCUT2D eigenvalue weighted by molar-refractivity contribution is 5.95. The van der Waals surface area contributed by atoms with Crippen molar-refractivity contribution in [1.29, 1.82) is 0 Å². The number of rotatable bonds is 2. The number of hydrogen-bond acceptors (Lipinski definition) is 4. The second-order valence-electron chi connectivity index (χ2n) is 7.35. The van der Waals surface area contributed by atoms with Crippen LogP contribution in [0.15, 0.2) is 48.5 Å². The van der Waals surface area contributed by atoms with Crippen LogP contribution in [0.3, 0.4) is 0 Å². The van der Waals surface area contributed by atoms with E-state index in [1.165, 1.54) is 6.92 Å². The lowest BCUT2D eigenvalue weighted by molar-refractivity contribution is -0.168. The highest BCUT2D eigenvalue weighted by atomic mass is 16.6. The van der Waals surface area contributed by atoms with Crippen molar-refractivity contribution in [2.45, 2.75) is 31.8 Å². The van der Waals surface area contributed by atoms with Crippen molar-refractivity contribution in [3.05, 3.63) is 65.2 Å².